The lowest BCUT2D eigenvalue weighted by Crippen LogP contribution is -2.06. The van der Waals surface area contributed by atoms with Crippen molar-refractivity contribution < 1.29 is 9.90 Å². The minimum atomic E-state index is -0.884. The molecule has 1 aromatic rings. The summed E-state index contributed by atoms with van der Waals surface area (Å²) in [5.74, 6) is -0.225. The fourth-order valence-electron chi connectivity index (χ4n) is 2.48. The van der Waals surface area contributed by atoms with Crippen molar-refractivity contribution in [2.75, 3.05) is 0 Å². The molecule has 1 N–H and O–H groups in total. The van der Waals surface area contributed by atoms with Gasteiger partial charge in [0.05, 0.1) is 0 Å². The van der Waals surface area contributed by atoms with E-state index in [4.69, 9.17) is 5.11 Å². The number of hydrogen-bond donors (Lipinski definition) is 1. The average Bonchev–Trinajstić information content (AvgIpc) is 2.40. The summed E-state index contributed by atoms with van der Waals surface area (Å²) in [6, 6.07) is 10.6. The molecule has 1 aliphatic carbocycles. The number of hydrogen-bond acceptors (Lipinski definition) is 1. The van der Waals surface area contributed by atoms with Gasteiger partial charge in [0.15, 0.2) is 0 Å². The number of aliphatic carboxylic acids is 1. The molecule has 2 heteroatoms. The van der Waals surface area contributed by atoms with Crippen LogP contribution in [-0.4, -0.2) is 11.1 Å². The molecule has 0 aromatic heterocycles. The van der Waals surface area contributed by atoms with Crippen LogP contribution < -0.4 is 0 Å². The molecule has 0 amide bonds. The van der Waals surface area contributed by atoms with Crippen LogP contribution in [0.1, 0.15) is 37.2 Å². The summed E-state index contributed by atoms with van der Waals surface area (Å²) in [6.07, 6.45) is 9.26. The summed E-state index contributed by atoms with van der Waals surface area (Å²) >= 11 is 0. The zero-order valence-corrected chi connectivity index (χ0v) is 10.4. The Kier molecular flexibility index (Phi) is 4.35. The number of allylic oxidation sites excluding steroid dienone is 3. The Labute approximate surface area is 108 Å². The van der Waals surface area contributed by atoms with Crippen LogP contribution in [0, 0.1) is 0 Å². The Bertz CT molecular complexity index is 447. The quantitative estimate of drug-likeness (QED) is 0.816. The van der Waals surface area contributed by atoms with Gasteiger partial charge in [-0.15, -0.1) is 0 Å². The third-order valence-corrected chi connectivity index (χ3v) is 3.47. The van der Waals surface area contributed by atoms with Gasteiger partial charge in [0, 0.05) is 6.08 Å². The van der Waals surface area contributed by atoms with Crippen LogP contribution in [0.3, 0.4) is 0 Å². The molecule has 0 radical (unpaired) electrons. The van der Waals surface area contributed by atoms with E-state index in [9.17, 15) is 4.79 Å². The lowest BCUT2D eigenvalue weighted by Gasteiger charge is -2.24. The van der Waals surface area contributed by atoms with Crippen molar-refractivity contribution in [3.8, 4) is 0 Å². The highest BCUT2D eigenvalue weighted by molar-refractivity contribution is 5.80. The molecule has 0 bridgehead atoms. The molecule has 0 heterocycles. The molecule has 94 valence electrons. The van der Waals surface area contributed by atoms with Gasteiger partial charge in [-0.1, -0.05) is 48.1 Å². The lowest BCUT2D eigenvalue weighted by atomic mass is 9.81. The molecule has 2 nitrogen and oxygen atoms in total. The summed E-state index contributed by atoms with van der Waals surface area (Å²) < 4.78 is 0. The SMILES string of the molecule is O=C(O)/C=C/C=C1CCC(c2ccccc2)CC1. The number of benzene rings is 1. The molecule has 1 fully saturated rings. The van der Waals surface area contributed by atoms with E-state index in [1.807, 2.05) is 12.1 Å². The minimum Gasteiger partial charge on any atom is -0.478 e. The van der Waals surface area contributed by atoms with Gasteiger partial charge >= 0.3 is 5.97 Å². The van der Waals surface area contributed by atoms with Crippen LogP contribution in [-0.2, 0) is 4.79 Å². The summed E-state index contributed by atoms with van der Waals surface area (Å²) in [6.45, 7) is 0. The maximum Gasteiger partial charge on any atom is 0.328 e. The van der Waals surface area contributed by atoms with Crippen molar-refractivity contribution in [1.82, 2.24) is 0 Å². The highest BCUT2D eigenvalue weighted by Gasteiger charge is 2.17. The van der Waals surface area contributed by atoms with E-state index in [1.165, 1.54) is 17.2 Å². The molecule has 0 saturated heterocycles. The van der Waals surface area contributed by atoms with Crippen molar-refractivity contribution in [2.45, 2.75) is 31.6 Å². The summed E-state index contributed by atoms with van der Waals surface area (Å²) in [5.41, 5.74) is 2.79. The number of rotatable bonds is 3. The first kappa shape index (κ1) is 12.6. The second kappa shape index (κ2) is 6.20. The zero-order valence-electron chi connectivity index (χ0n) is 10.4. The Morgan fingerprint density at radius 2 is 1.83 bits per heavy atom. The normalized spacial score (nSPS) is 20.0. The molecular formula is C16H18O2. The molecule has 0 spiro atoms. The van der Waals surface area contributed by atoms with Crippen molar-refractivity contribution in [2.24, 2.45) is 0 Å². The molecule has 1 aliphatic rings. The average molecular weight is 242 g/mol. The van der Waals surface area contributed by atoms with Gasteiger partial charge in [-0.25, -0.2) is 4.79 Å². The van der Waals surface area contributed by atoms with Gasteiger partial charge in [-0.3, -0.25) is 0 Å². The molecule has 0 atom stereocenters. The van der Waals surface area contributed by atoms with E-state index in [2.05, 4.69) is 24.3 Å². The summed E-state index contributed by atoms with van der Waals surface area (Å²) in [5, 5.41) is 8.52. The Balaban J connectivity index is 1.90. The van der Waals surface area contributed by atoms with Crippen LogP contribution in [0.15, 0.2) is 54.1 Å². The molecule has 1 saturated carbocycles. The first-order valence-corrected chi connectivity index (χ1v) is 6.39. The molecule has 1 aromatic carbocycles. The zero-order chi connectivity index (χ0) is 12.8. The monoisotopic (exact) mass is 242 g/mol. The van der Waals surface area contributed by atoms with Crippen LogP contribution >= 0.6 is 0 Å². The Hall–Kier alpha value is -1.83. The van der Waals surface area contributed by atoms with E-state index in [-0.39, 0.29) is 0 Å². The fraction of sp³-hybridized carbons (Fsp3) is 0.312. The van der Waals surface area contributed by atoms with E-state index >= 15 is 0 Å². The molecular weight excluding hydrogens is 224 g/mol. The Morgan fingerprint density at radius 1 is 1.17 bits per heavy atom. The van der Waals surface area contributed by atoms with Crippen LogP contribution in [0.4, 0.5) is 0 Å². The standard InChI is InChI=1S/C16H18O2/c17-16(18)8-4-5-13-9-11-15(12-10-13)14-6-2-1-3-7-14/h1-8,15H,9-12H2,(H,17,18)/b8-4+,13-5?. The maximum atomic E-state index is 10.4. The third-order valence-electron chi connectivity index (χ3n) is 3.47. The Morgan fingerprint density at radius 3 is 2.44 bits per heavy atom. The van der Waals surface area contributed by atoms with E-state index < -0.39 is 5.97 Å². The summed E-state index contributed by atoms with van der Waals surface area (Å²) in [7, 11) is 0. The van der Waals surface area contributed by atoms with Crippen molar-refractivity contribution in [1.29, 1.82) is 0 Å². The maximum absolute atomic E-state index is 10.4. The van der Waals surface area contributed by atoms with Gasteiger partial charge in [0.2, 0.25) is 0 Å². The topological polar surface area (TPSA) is 37.3 Å². The van der Waals surface area contributed by atoms with Gasteiger partial charge in [-0.05, 0) is 37.2 Å². The lowest BCUT2D eigenvalue weighted by molar-refractivity contribution is -0.131. The largest absolute Gasteiger partial charge is 0.478 e. The van der Waals surface area contributed by atoms with Crippen LogP contribution in [0.2, 0.25) is 0 Å². The van der Waals surface area contributed by atoms with E-state index in [0.29, 0.717) is 5.92 Å². The van der Waals surface area contributed by atoms with Gasteiger partial charge in [-0.2, -0.15) is 0 Å². The second-order valence-corrected chi connectivity index (χ2v) is 4.71. The predicted molar refractivity (Wildman–Crippen MR) is 72.5 cm³/mol. The molecule has 18 heavy (non-hydrogen) atoms. The van der Waals surface area contributed by atoms with Gasteiger partial charge in [0.25, 0.3) is 0 Å². The van der Waals surface area contributed by atoms with Crippen molar-refractivity contribution >= 4 is 5.97 Å². The van der Waals surface area contributed by atoms with Crippen LogP contribution in [0.5, 0.6) is 0 Å². The highest BCUT2D eigenvalue weighted by atomic mass is 16.4. The number of carboxylic acids is 1. The van der Waals surface area contributed by atoms with E-state index in [0.717, 1.165) is 25.7 Å². The van der Waals surface area contributed by atoms with Gasteiger partial charge < -0.3 is 5.11 Å². The molecule has 0 unspecified atom stereocenters. The fourth-order valence-corrected chi connectivity index (χ4v) is 2.48. The second-order valence-electron chi connectivity index (χ2n) is 4.71. The van der Waals surface area contributed by atoms with Crippen LogP contribution in [0.25, 0.3) is 0 Å². The number of carboxylic acid groups (broad SMARTS) is 1. The first-order chi connectivity index (χ1) is 8.75. The number of carbonyl (C=O) groups is 1. The minimum absolute atomic E-state index is 0.659. The third kappa shape index (κ3) is 3.59. The smallest absolute Gasteiger partial charge is 0.328 e. The van der Waals surface area contributed by atoms with E-state index in [1.54, 1.807) is 6.08 Å². The highest BCUT2D eigenvalue weighted by Crippen LogP contribution is 2.35. The van der Waals surface area contributed by atoms with Crippen molar-refractivity contribution in [3.05, 3.63) is 59.7 Å². The predicted octanol–water partition coefficient (Wildman–Crippen LogP) is 3.91. The molecule has 0 aliphatic heterocycles. The summed E-state index contributed by atoms with van der Waals surface area (Å²) in [4.78, 5) is 10.4. The van der Waals surface area contributed by atoms with Gasteiger partial charge in [0.1, 0.15) is 0 Å². The van der Waals surface area contributed by atoms with Crippen molar-refractivity contribution in [3.63, 3.8) is 0 Å². The molecule has 2 rings (SSSR count). The first-order valence-electron chi connectivity index (χ1n) is 6.39.